The molecule has 4 nitrogen and oxygen atoms in total. The Bertz CT molecular complexity index is 401. The number of likely N-dealkylation sites (N-methyl/N-ethyl adjacent to an activating group) is 1. The molecular weight excluding hydrogens is 240 g/mol. The monoisotopic (exact) mass is 264 g/mol. The molecule has 0 bridgehead atoms. The van der Waals surface area contributed by atoms with Crippen LogP contribution >= 0.6 is 0 Å². The van der Waals surface area contributed by atoms with E-state index in [9.17, 15) is 4.79 Å². The van der Waals surface area contributed by atoms with Gasteiger partial charge in [0.05, 0.1) is 13.2 Å². The van der Waals surface area contributed by atoms with Gasteiger partial charge >= 0.3 is 0 Å². The second-order valence-corrected chi connectivity index (χ2v) is 4.97. The molecule has 0 saturated carbocycles. The Morgan fingerprint density at radius 2 is 1.89 bits per heavy atom. The van der Waals surface area contributed by atoms with Gasteiger partial charge in [0.2, 0.25) is 5.91 Å². The first-order valence-electron chi connectivity index (χ1n) is 6.66. The fourth-order valence-electron chi connectivity index (χ4n) is 1.79. The molecule has 4 heteroatoms. The molecule has 0 heterocycles. The molecule has 19 heavy (non-hydrogen) atoms. The number of nitrogens with zero attached hydrogens (tertiary/aromatic N) is 1. The van der Waals surface area contributed by atoms with Crippen LogP contribution in [0.2, 0.25) is 0 Å². The lowest BCUT2D eigenvalue weighted by molar-refractivity contribution is -0.134. The van der Waals surface area contributed by atoms with Gasteiger partial charge in [0.15, 0.2) is 0 Å². The van der Waals surface area contributed by atoms with Crippen molar-refractivity contribution in [3.63, 3.8) is 0 Å². The number of hydrogen-bond acceptors (Lipinski definition) is 3. The standard InChI is InChI=1S/C15H24N2O2/c1-5-17(15(18)14(16)11(2)3)10-12-6-8-13(19-4)9-7-12/h6-9,11,14H,5,10,16H2,1-4H3/t14-/m1/s1. The molecular formula is C15H24N2O2. The Labute approximate surface area is 115 Å². The van der Waals surface area contributed by atoms with Crippen LogP contribution in [0.25, 0.3) is 0 Å². The lowest BCUT2D eigenvalue weighted by atomic mass is 10.0. The maximum atomic E-state index is 12.2. The summed E-state index contributed by atoms with van der Waals surface area (Å²) >= 11 is 0. The predicted octanol–water partition coefficient (Wildman–Crippen LogP) is 2.03. The van der Waals surface area contributed by atoms with Crippen molar-refractivity contribution in [1.82, 2.24) is 4.90 Å². The number of carbonyl (C=O) groups is 1. The van der Waals surface area contributed by atoms with E-state index in [1.54, 1.807) is 12.0 Å². The molecule has 2 N–H and O–H groups in total. The first-order chi connectivity index (χ1) is 8.99. The summed E-state index contributed by atoms with van der Waals surface area (Å²) in [7, 11) is 1.64. The van der Waals surface area contributed by atoms with Crippen molar-refractivity contribution in [3.8, 4) is 5.75 Å². The summed E-state index contributed by atoms with van der Waals surface area (Å²) in [5, 5.41) is 0. The average molecular weight is 264 g/mol. The molecule has 0 aliphatic carbocycles. The number of ether oxygens (including phenoxy) is 1. The maximum absolute atomic E-state index is 12.2. The second kappa shape index (κ2) is 7.14. The summed E-state index contributed by atoms with van der Waals surface area (Å²) in [5.74, 6) is 0.975. The zero-order valence-corrected chi connectivity index (χ0v) is 12.2. The summed E-state index contributed by atoms with van der Waals surface area (Å²) < 4.78 is 5.12. The number of amides is 1. The van der Waals surface area contributed by atoms with E-state index >= 15 is 0 Å². The molecule has 1 amide bonds. The summed E-state index contributed by atoms with van der Waals surface area (Å²) in [6.07, 6.45) is 0. The van der Waals surface area contributed by atoms with Gasteiger partial charge in [-0.25, -0.2) is 0 Å². The van der Waals surface area contributed by atoms with Gasteiger partial charge in [-0.05, 0) is 30.5 Å². The number of nitrogens with two attached hydrogens (primary N) is 1. The van der Waals surface area contributed by atoms with Crippen molar-refractivity contribution < 1.29 is 9.53 Å². The zero-order valence-electron chi connectivity index (χ0n) is 12.2. The van der Waals surface area contributed by atoms with Crippen LogP contribution in [0.4, 0.5) is 0 Å². The Morgan fingerprint density at radius 1 is 1.32 bits per heavy atom. The molecule has 1 atom stereocenters. The van der Waals surface area contributed by atoms with E-state index in [1.165, 1.54) is 0 Å². The smallest absolute Gasteiger partial charge is 0.240 e. The fraction of sp³-hybridized carbons (Fsp3) is 0.533. The van der Waals surface area contributed by atoms with Crippen LogP contribution < -0.4 is 10.5 Å². The van der Waals surface area contributed by atoms with Gasteiger partial charge in [-0.2, -0.15) is 0 Å². The topological polar surface area (TPSA) is 55.6 Å². The molecule has 0 aromatic heterocycles. The minimum atomic E-state index is -0.432. The molecule has 1 aromatic rings. The Kier molecular flexibility index (Phi) is 5.83. The quantitative estimate of drug-likeness (QED) is 0.855. The van der Waals surface area contributed by atoms with Crippen LogP contribution in [0.3, 0.4) is 0 Å². The van der Waals surface area contributed by atoms with E-state index in [0.29, 0.717) is 13.1 Å². The largest absolute Gasteiger partial charge is 0.497 e. The van der Waals surface area contributed by atoms with Crippen LogP contribution in [0.1, 0.15) is 26.3 Å². The van der Waals surface area contributed by atoms with Crippen molar-refractivity contribution in [2.75, 3.05) is 13.7 Å². The molecule has 0 aliphatic rings. The van der Waals surface area contributed by atoms with Gasteiger partial charge in [0.25, 0.3) is 0 Å². The molecule has 0 aliphatic heterocycles. The first-order valence-corrected chi connectivity index (χ1v) is 6.66. The average Bonchev–Trinajstić information content (AvgIpc) is 2.43. The lowest BCUT2D eigenvalue weighted by Gasteiger charge is -2.26. The van der Waals surface area contributed by atoms with Gasteiger partial charge in [-0.15, -0.1) is 0 Å². The third-order valence-corrected chi connectivity index (χ3v) is 3.23. The third-order valence-electron chi connectivity index (χ3n) is 3.23. The SMILES string of the molecule is CCN(Cc1ccc(OC)cc1)C(=O)[C@H](N)C(C)C. The minimum Gasteiger partial charge on any atom is -0.497 e. The van der Waals surface area contributed by atoms with Gasteiger partial charge in [0.1, 0.15) is 5.75 Å². The highest BCUT2D eigenvalue weighted by Crippen LogP contribution is 2.14. The van der Waals surface area contributed by atoms with Crippen LogP contribution in [0, 0.1) is 5.92 Å². The van der Waals surface area contributed by atoms with E-state index in [-0.39, 0.29) is 11.8 Å². The minimum absolute atomic E-state index is 0.00770. The molecule has 106 valence electrons. The number of methoxy groups -OCH3 is 1. The third kappa shape index (κ3) is 4.24. The van der Waals surface area contributed by atoms with Crippen molar-refractivity contribution in [3.05, 3.63) is 29.8 Å². The van der Waals surface area contributed by atoms with E-state index in [1.807, 2.05) is 45.0 Å². The van der Waals surface area contributed by atoms with Crippen molar-refractivity contribution in [2.45, 2.75) is 33.4 Å². The lowest BCUT2D eigenvalue weighted by Crippen LogP contribution is -2.46. The van der Waals surface area contributed by atoms with Crippen molar-refractivity contribution >= 4 is 5.91 Å². The van der Waals surface area contributed by atoms with Crippen molar-refractivity contribution in [2.24, 2.45) is 11.7 Å². The summed E-state index contributed by atoms with van der Waals surface area (Å²) in [5.41, 5.74) is 7.00. The normalized spacial score (nSPS) is 12.3. The summed E-state index contributed by atoms with van der Waals surface area (Å²) in [6, 6.07) is 7.30. The Balaban J connectivity index is 2.72. The Morgan fingerprint density at radius 3 is 2.32 bits per heavy atom. The highest BCUT2D eigenvalue weighted by molar-refractivity contribution is 5.81. The van der Waals surface area contributed by atoms with Crippen LogP contribution in [-0.2, 0) is 11.3 Å². The molecule has 0 saturated heterocycles. The second-order valence-electron chi connectivity index (χ2n) is 4.97. The summed E-state index contributed by atoms with van der Waals surface area (Å²) in [6.45, 7) is 7.13. The van der Waals surface area contributed by atoms with E-state index in [0.717, 1.165) is 11.3 Å². The van der Waals surface area contributed by atoms with E-state index in [2.05, 4.69) is 0 Å². The predicted molar refractivity (Wildman–Crippen MR) is 76.9 cm³/mol. The Hall–Kier alpha value is -1.55. The number of benzene rings is 1. The first kappa shape index (κ1) is 15.5. The molecule has 0 radical (unpaired) electrons. The van der Waals surface area contributed by atoms with E-state index < -0.39 is 6.04 Å². The number of carbonyl (C=O) groups excluding carboxylic acids is 1. The number of hydrogen-bond donors (Lipinski definition) is 1. The fourth-order valence-corrected chi connectivity index (χ4v) is 1.79. The van der Waals surface area contributed by atoms with Gasteiger partial charge in [-0.1, -0.05) is 26.0 Å². The van der Waals surface area contributed by atoms with Gasteiger partial charge in [0, 0.05) is 13.1 Å². The van der Waals surface area contributed by atoms with Crippen LogP contribution in [-0.4, -0.2) is 30.5 Å². The maximum Gasteiger partial charge on any atom is 0.240 e. The zero-order chi connectivity index (χ0) is 14.4. The highest BCUT2D eigenvalue weighted by atomic mass is 16.5. The molecule has 0 fully saturated rings. The highest BCUT2D eigenvalue weighted by Gasteiger charge is 2.22. The van der Waals surface area contributed by atoms with Gasteiger partial charge in [-0.3, -0.25) is 4.79 Å². The van der Waals surface area contributed by atoms with Crippen LogP contribution in [0.15, 0.2) is 24.3 Å². The molecule has 0 unspecified atom stereocenters. The molecule has 1 rings (SSSR count). The van der Waals surface area contributed by atoms with Crippen molar-refractivity contribution in [1.29, 1.82) is 0 Å². The molecule has 1 aromatic carbocycles. The summed E-state index contributed by atoms with van der Waals surface area (Å²) in [4.78, 5) is 14.0. The van der Waals surface area contributed by atoms with Crippen LogP contribution in [0.5, 0.6) is 5.75 Å². The van der Waals surface area contributed by atoms with Gasteiger partial charge < -0.3 is 15.4 Å². The number of rotatable bonds is 6. The molecule has 0 spiro atoms. The van der Waals surface area contributed by atoms with E-state index in [4.69, 9.17) is 10.5 Å².